The van der Waals surface area contributed by atoms with Crippen LogP contribution in [0, 0.1) is 0 Å². The summed E-state index contributed by atoms with van der Waals surface area (Å²) in [6.07, 6.45) is 0.126. The summed E-state index contributed by atoms with van der Waals surface area (Å²) in [5, 5.41) is 0. The van der Waals surface area contributed by atoms with E-state index in [4.69, 9.17) is 0 Å². The highest BCUT2D eigenvalue weighted by molar-refractivity contribution is 6.03. The fourth-order valence-electron chi connectivity index (χ4n) is 0.833. The van der Waals surface area contributed by atoms with Crippen LogP contribution in [0.3, 0.4) is 0 Å². The highest BCUT2D eigenvalue weighted by Gasteiger charge is 2.30. The Hall–Kier alpha value is -0.860. The van der Waals surface area contributed by atoms with Crippen LogP contribution >= 0.6 is 0 Å². The van der Waals surface area contributed by atoms with Gasteiger partial charge in [-0.1, -0.05) is 6.92 Å². The van der Waals surface area contributed by atoms with Crippen molar-refractivity contribution in [1.29, 1.82) is 0 Å². The molecule has 9 heavy (non-hydrogen) atoms. The number of carbonyl (C=O) groups is 2. The number of ketones is 1. The molecule has 1 atom stereocenters. The van der Waals surface area contributed by atoms with E-state index in [9.17, 15) is 9.59 Å². The van der Waals surface area contributed by atoms with E-state index in [2.05, 4.69) is 4.74 Å². The summed E-state index contributed by atoms with van der Waals surface area (Å²) in [6, 6.07) is 0. The lowest BCUT2D eigenvalue weighted by atomic mass is 10.2. The van der Waals surface area contributed by atoms with E-state index >= 15 is 0 Å². The van der Waals surface area contributed by atoms with Crippen LogP contribution < -0.4 is 0 Å². The molecule has 0 amide bonds. The first-order valence-electron chi connectivity index (χ1n) is 2.96. The summed E-state index contributed by atoms with van der Waals surface area (Å²) in [4.78, 5) is 21.0. The molecule has 0 saturated carbocycles. The van der Waals surface area contributed by atoms with Crippen molar-refractivity contribution < 1.29 is 14.3 Å². The van der Waals surface area contributed by atoms with Gasteiger partial charge in [0, 0.05) is 0 Å². The SMILES string of the molecule is CCC1OC(=O)CC1=O. The van der Waals surface area contributed by atoms with Crippen LogP contribution in [0.15, 0.2) is 0 Å². The Morgan fingerprint density at radius 2 is 2.33 bits per heavy atom. The number of cyclic esters (lactones) is 1. The Morgan fingerprint density at radius 1 is 1.67 bits per heavy atom. The quantitative estimate of drug-likeness (QED) is 0.376. The molecule has 0 aromatic rings. The smallest absolute Gasteiger partial charge is 0.314 e. The minimum atomic E-state index is -0.447. The maximum atomic E-state index is 10.7. The second kappa shape index (κ2) is 2.17. The molecule has 1 aliphatic rings. The predicted octanol–water partition coefficient (Wildman–Crippen LogP) is 0.281. The lowest BCUT2D eigenvalue weighted by molar-refractivity contribution is -0.142. The van der Waals surface area contributed by atoms with Crippen molar-refractivity contribution in [3.8, 4) is 0 Å². The second-order valence-electron chi connectivity index (χ2n) is 2.03. The van der Waals surface area contributed by atoms with Gasteiger partial charge in [-0.3, -0.25) is 9.59 Å². The van der Waals surface area contributed by atoms with Gasteiger partial charge in [-0.2, -0.15) is 0 Å². The van der Waals surface area contributed by atoms with E-state index in [-0.39, 0.29) is 18.2 Å². The fourth-order valence-corrected chi connectivity index (χ4v) is 0.833. The van der Waals surface area contributed by atoms with Gasteiger partial charge in [0.05, 0.1) is 0 Å². The largest absolute Gasteiger partial charge is 0.454 e. The Bertz CT molecular complexity index is 150. The van der Waals surface area contributed by atoms with Crippen LogP contribution in [0.25, 0.3) is 0 Å². The highest BCUT2D eigenvalue weighted by Crippen LogP contribution is 2.11. The first kappa shape index (κ1) is 6.26. The van der Waals surface area contributed by atoms with Gasteiger partial charge in [0.1, 0.15) is 6.42 Å². The van der Waals surface area contributed by atoms with Gasteiger partial charge >= 0.3 is 5.97 Å². The molecule has 50 valence electrons. The predicted molar refractivity (Wildman–Crippen MR) is 29.8 cm³/mol. The van der Waals surface area contributed by atoms with Crippen molar-refractivity contribution in [1.82, 2.24) is 0 Å². The molecule has 0 aromatic heterocycles. The number of ether oxygens (including phenoxy) is 1. The van der Waals surface area contributed by atoms with Gasteiger partial charge in [-0.05, 0) is 6.42 Å². The lowest BCUT2D eigenvalue weighted by Gasteiger charge is -2.00. The third-order valence-electron chi connectivity index (χ3n) is 1.32. The average molecular weight is 128 g/mol. The van der Waals surface area contributed by atoms with Crippen molar-refractivity contribution in [2.24, 2.45) is 0 Å². The van der Waals surface area contributed by atoms with Crippen molar-refractivity contribution >= 4 is 11.8 Å². The maximum Gasteiger partial charge on any atom is 0.314 e. The molecule has 1 rings (SSSR count). The van der Waals surface area contributed by atoms with Gasteiger partial charge in [-0.15, -0.1) is 0 Å². The number of esters is 1. The van der Waals surface area contributed by atoms with Crippen LogP contribution in [0.1, 0.15) is 19.8 Å². The van der Waals surface area contributed by atoms with Crippen LogP contribution in [0.2, 0.25) is 0 Å². The minimum absolute atomic E-state index is 0.0293. The Labute approximate surface area is 53.0 Å². The highest BCUT2D eigenvalue weighted by atomic mass is 16.6. The third kappa shape index (κ3) is 1.09. The van der Waals surface area contributed by atoms with Gasteiger partial charge in [-0.25, -0.2) is 0 Å². The number of rotatable bonds is 1. The van der Waals surface area contributed by atoms with E-state index < -0.39 is 6.10 Å². The van der Waals surface area contributed by atoms with Crippen molar-refractivity contribution in [3.05, 3.63) is 0 Å². The molecule has 0 N–H and O–H groups in total. The molecule has 0 aliphatic carbocycles. The summed E-state index contributed by atoms with van der Waals surface area (Å²) < 4.78 is 4.63. The molecule has 0 radical (unpaired) electrons. The molecule has 1 saturated heterocycles. The monoisotopic (exact) mass is 128 g/mol. The topological polar surface area (TPSA) is 43.4 Å². The average Bonchev–Trinajstić information content (AvgIpc) is 2.10. The van der Waals surface area contributed by atoms with Gasteiger partial charge < -0.3 is 4.74 Å². The summed E-state index contributed by atoms with van der Waals surface area (Å²) in [6.45, 7) is 1.82. The third-order valence-corrected chi connectivity index (χ3v) is 1.32. The molecule has 1 unspecified atom stereocenters. The summed E-state index contributed by atoms with van der Waals surface area (Å²) >= 11 is 0. The Balaban J connectivity index is 2.58. The summed E-state index contributed by atoms with van der Waals surface area (Å²) in [5.41, 5.74) is 0. The van der Waals surface area contributed by atoms with Crippen molar-refractivity contribution in [3.63, 3.8) is 0 Å². The van der Waals surface area contributed by atoms with Crippen molar-refractivity contribution in [2.45, 2.75) is 25.9 Å². The summed E-state index contributed by atoms with van der Waals surface area (Å²) in [5.74, 6) is -0.464. The van der Waals surface area contributed by atoms with Crippen molar-refractivity contribution in [2.75, 3.05) is 0 Å². The normalized spacial score (nSPS) is 26.6. The standard InChI is InChI=1S/C6H8O3/c1-2-5-4(7)3-6(8)9-5/h5H,2-3H2,1H3. The van der Waals surface area contributed by atoms with E-state index in [1.165, 1.54) is 0 Å². The minimum Gasteiger partial charge on any atom is -0.454 e. The molecule has 0 bridgehead atoms. The second-order valence-corrected chi connectivity index (χ2v) is 2.03. The number of Topliss-reactive ketones (excluding diaryl/α,β-unsaturated/α-hetero) is 1. The number of hydrogen-bond donors (Lipinski definition) is 0. The first-order chi connectivity index (χ1) is 4.24. The zero-order chi connectivity index (χ0) is 6.85. The Kier molecular flexibility index (Phi) is 1.51. The zero-order valence-corrected chi connectivity index (χ0v) is 5.22. The number of carbonyl (C=O) groups excluding carboxylic acids is 2. The van der Waals surface area contributed by atoms with Crippen LogP contribution in [-0.2, 0) is 14.3 Å². The maximum absolute atomic E-state index is 10.7. The van der Waals surface area contributed by atoms with E-state index in [1.807, 2.05) is 6.92 Å². The lowest BCUT2D eigenvalue weighted by Crippen LogP contribution is -2.13. The molecule has 3 heteroatoms. The molecule has 3 nitrogen and oxygen atoms in total. The van der Waals surface area contributed by atoms with Gasteiger partial charge in [0.15, 0.2) is 11.9 Å². The molecule has 1 heterocycles. The molecular formula is C6H8O3. The zero-order valence-electron chi connectivity index (χ0n) is 5.22. The van der Waals surface area contributed by atoms with Crippen LogP contribution in [-0.4, -0.2) is 17.9 Å². The summed E-state index contributed by atoms with van der Waals surface area (Å²) in [7, 11) is 0. The fraction of sp³-hybridized carbons (Fsp3) is 0.667. The molecule has 0 aromatic carbocycles. The van der Waals surface area contributed by atoms with E-state index in [0.29, 0.717) is 6.42 Å². The Morgan fingerprint density at radius 3 is 2.56 bits per heavy atom. The number of hydrogen-bond acceptors (Lipinski definition) is 3. The molecule has 1 fully saturated rings. The van der Waals surface area contributed by atoms with Crippen LogP contribution in [0.5, 0.6) is 0 Å². The first-order valence-corrected chi connectivity index (χ1v) is 2.96. The van der Waals surface area contributed by atoms with E-state index in [1.54, 1.807) is 0 Å². The van der Waals surface area contributed by atoms with Gasteiger partial charge in [0.25, 0.3) is 0 Å². The van der Waals surface area contributed by atoms with Gasteiger partial charge in [0.2, 0.25) is 0 Å². The van der Waals surface area contributed by atoms with Crippen LogP contribution in [0.4, 0.5) is 0 Å². The molecular weight excluding hydrogens is 120 g/mol. The molecule has 1 aliphatic heterocycles. The van der Waals surface area contributed by atoms with E-state index in [0.717, 1.165) is 0 Å². The molecule has 0 spiro atoms.